The average molecular weight is 521 g/mol. The molecule has 0 spiro atoms. The van der Waals surface area contributed by atoms with Gasteiger partial charge in [-0.15, -0.1) is 0 Å². The van der Waals surface area contributed by atoms with E-state index in [1.54, 1.807) is 0 Å². The van der Waals surface area contributed by atoms with E-state index in [0.717, 1.165) is 43.2 Å². The van der Waals surface area contributed by atoms with Gasteiger partial charge in [0.25, 0.3) is 5.91 Å². The first-order chi connectivity index (χ1) is 18.5. The van der Waals surface area contributed by atoms with Crippen LogP contribution in [0.4, 0.5) is 0 Å². The molecule has 3 N–H and O–H groups in total. The van der Waals surface area contributed by atoms with E-state index in [2.05, 4.69) is 12.2 Å². The summed E-state index contributed by atoms with van der Waals surface area (Å²) < 4.78 is 5.42. The SMILES string of the molecule is CCCCCCCCCCCCCCC([CH]c1ccccc1)NC(=O)c1coc2cc(O)c(O)cc2c1=O. The number of nitrogens with one attached hydrogen (secondary N) is 1. The highest BCUT2D eigenvalue weighted by Gasteiger charge is 2.20. The van der Waals surface area contributed by atoms with Gasteiger partial charge >= 0.3 is 0 Å². The first-order valence-electron chi connectivity index (χ1n) is 14.2. The van der Waals surface area contributed by atoms with Gasteiger partial charge in [0.05, 0.1) is 5.39 Å². The molecule has 205 valence electrons. The Morgan fingerprint density at radius 1 is 0.868 bits per heavy atom. The Morgan fingerprint density at radius 2 is 1.45 bits per heavy atom. The molecule has 0 fully saturated rings. The molecule has 1 heterocycles. The lowest BCUT2D eigenvalue weighted by molar-refractivity contribution is 0.0937. The molecular weight excluding hydrogens is 478 g/mol. The minimum atomic E-state index is -0.553. The number of aromatic hydroxyl groups is 2. The first kappa shape index (κ1) is 29.3. The van der Waals surface area contributed by atoms with Crippen molar-refractivity contribution in [3.8, 4) is 11.5 Å². The number of carbonyl (C=O) groups is 1. The van der Waals surface area contributed by atoms with E-state index in [4.69, 9.17) is 4.42 Å². The van der Waals surface area contributed by atoms with E-state index in [1.807, 2.05) is 36.8 Å². The molecule has 0 saturated heterocycles. The van der Waals surface area contributed by atoms with E-state index in [9.17, 15) is 19.8 Å². The van der Waals surface area contributed by atoms with E-state index >= 15 is 0 Å². The normalized spacial score (nSPS) is 12.0. The first-order valence-corrected chi connectivity index (χ1v) is 14.2. The topological polar surface area (TPSA) is 99.8 Å². The van der Waals surface area contributed by atoms with Crippen molar-refractivity contribution in [1.82, 2.24) is 5.32 Å². The molecule has 0 bridgehead atoms. The lowest BCUT2D eigenvalue weighted by atomic mass is 9.99. The number of amides is 1. The maximum atomic E-state index is 13.1. The predicted molar refractivity (Wildman–Crippen MR) is 153 cm³/mol. The number of unbranched alkanes of at least 4 members (excludes halogenated alkanes) is 11. The van der Waals surface area contributed by atoms with Crippen molar-refractivity contribution < 1.29 is 19.4 Å². The third kappa shape index (κ3) is 9.23. The minimum Gasteiger partial charge on any atom is -0.504 e. The average Bonchev–Trinajstić information content (AvgIpc) is 2.91. The third-order valence-electron chi connectivity index (χ3n) is 6.99. The Morgan fingerprint density at radius 3 is 2.08 bits per heavy atom. The Labute approximate surface area is 226 Å². The van der Waals surface area contributed by atoms with Crippen molar-refractivity contribution in [2.45, 2.75) is 96.4 Å². The molecule has 6 heteroatoms. The summed E-state index contributed by atoms with van der Waals surface area (Å²) in [7, 11) is 0. The number of phenols is 2. The molecule has 0 aliphatic heterocycles. The summed E-state index contributed by atoms with van der Waals surface area (Å²) in [6, 6.07) is 11.9. The van der Waals surface area contributed by atoms with E-state index in [0.29, 0.717) is 0 Å². The molecule has 1 aromatic heterocycles. The van der Waals surface area contributed by atoms with Crippen molar-refractivity contribution >= 4 is 16.9 Å². The summed E-state index contributed by atoms with van der Waals surface area (Å²) in [5.41, 5.74) is 0.417. The van der Waals surface area contributed by atoms with Crippen LogP contribution in [0.1, 0.15) is 106 Å². The second-order valence-electron chi connectivity index (χ2n) is 10.2. The van der Waals surface area contributed by atoms with Gasteiger partial charge in [-0.05, 0) is 18.1 Å². The standard InChI is InChI=1S/C32H42NO5/c1-2-3-4-5-6-7-8-9-10-11-12-16-19-25(20-24-17-14-13-15-18-24)33-32(37)27-23-38-30-22-29(35)28(34)21-26(30)31(27)36/h13-15,17-18,20-23,25,34-35H,2-12,16,19H2,1H3,(H,33,37). The highest BCUT2D eigenvalue weighted by molar-refractivity contribution is 5.97. The van der Waals surface area contributed by atoms with Gasteiger partial charge in [0.2, 0.25) is 5.43 Å². The van der Waals surface area contributed by atoms with Crippen LogP contribution in [-0.2, 0) is 0 Å². The zero-order valence-electron chi connectivity index (χ0n) is 22.6. The quantitative estimate of drug-likeness (QED) is 0.125. The predicted octanol–water partition coefficient (Wildman–Crippen LogP) is 7.65. The molecule has 1 amide bonds. The van der Waals surface area contributed by atoms with Crippen molar-refractivity contribution in [1.29, 1.82) is 0 Å². The van der Waals surface area contributed by atoms with Crippen molar-refractivity contribution in [2.24, 2.45) is 0 Å². The minimum absolute atomic E-state index is 0.0394. The van der Waals surface area contributed by atoms with Crippen LogP contribution in [0, 0.1) is 6.42 Å². The zero-order chi connectivity index (χ0) is 27.2. The van der Waals surface area contributed by atoms with Crippen molar-refractivity contribution in [2.75, 3.05) is 0 Å². The van der Waals surface area contributed by atoms with Gasteiger partial charge in [-0.3, -0.25) is 9.59 Å². The molecule has 3 rings (SSSR count). The van der Waals surface area contributed by atoms with Crippen molar-refractivity contribution in [3.05, 3.63) is 76.5 Å². The van der Waals surface area contributed by atoms with Gasteiger partial charge in [-0.1, -0.05) is 114 Å². The van der Waals surface area contributed by atoms with Crippen LogP contribution in [-0.4, -0.2) is 22.2 Å². The smallest absolute Gasteiger partial charge is 0.258 e. The molecule has 1 radical (unpaired) electrons. The van der Waals surface area contributed by atoms with Crippen LogP contribution < -0.4 is 10.7 Å². The molecule has 3 aromatic rings. The lowest BCUT2D eigenvalue weighted by Crippen LogP contribution is -2.37. The fraction of sp³-hybridized carbons (Fsp3) is 0.469. The molecule has 0 aliphatic rings. The lowest BCUT2D eigenvalue weighted by Gasteiger charge is -2.19. The summed E-state index contributed by atoms with van der Waals surface area (Å²) in [4.78, 5) is 26.0. The molecule has 2 aromatic carbocycles. The van der Waals surface area contributed by atoms with Crippen LogP contribution in [0.15, 0.2) is 57.9 Å². The second kappa shape index (κ2) is 15.9. The number of phenolic OH excluding ortho intramolecular Hbond substituents is 2. The fourth-order valence-electron chi connectivity index (χ4n) is 4.76. The van der Waals surface area contributed by atoms with E-state index in [1.165, 1.54) is 64.2 Å². The van der Waals surface area contributed by atoms with Crippen LogP contribution in [0.25, 0.3) is 11.0 Å². The summed E-state index contributed by atoms with van der Waals surface area (Å²) >= 11 is 0. The Bertz CT molecular complexity index is 1190. The van der Waals surface area contributed by atoms with Crippen LogP contribution in [0.2, 0.25) is 0 Å². The molecule has 1 atom stereocenters. The van der Waals surface area contributed by atoms with Crippen LogP contribution in [0.5, 0.6) is 11.5 Å². The number of hydrogen-bond donors (Lipinski definition) is 3. The highest BCUT2D eigenvalue weighted by atomic mass is 16.3. The Balaban J connectivity index is 1.51. The van der Waals surface area contributed by atoms with E-state index < -0.39 is 22.8 Å². The molecule has 1 unspecified atom stereocenters. The molecular formula is C32H42NO5. The monoisotopic (exact) mass is 520 g/mol. The molecule has 0 saturated carbocycles. The number of benzene rings is 2. The van der Waals surface area contributed by atoms with Crippen LogP contribution in [0.3, 0.4) is 0 Å². The molecule has 6 nitrogen and oxygen atoms in total. The Hall–Kier alpha value is -3.28. The summed E-state index contributed by atoms with van der Waals surface area (Å²) in [5.74, 6) is -1.35. The van der Waals surface area contributed by atoms with Crippen molar-refractivity contribution in [3.63, 3.8) is 0 Å². The number of carbonyl (C=O) groups excluding carboxylic acids is 1. The maximum Gasteiger partial charge on any atom is 0.258 e. The second-order valence-corrected chi connectivity index (χ2v) is 10.2. The van der Waals surface area contributed by atoms with Gasteiger partial charge in [-0.2, -0.15) is 0 Å². The number of rotatable bonds is 17. The summed E-state index contributed by atoms with van der Waals surface area (Å²) in [6.07, 6.45) is 19.1. The van der Waals surface area contributed by atoms with Gasteiger partial charge in [0.1, 0.15) is 17.4 Å². The fourth-order valence-corrected chi connectivity index (χ4v) is 4.76. The molecule has 0 aliphatic carbocycles. The van der Waals surface area contributed by atoms with Gasteiger partial charge in [0, 0.05) is 18.5 Å². The molecule has 38 heavy (non-hydrogen) atoms. The third-order valence-corrected chi connectivity index (χ3v) is 6.99. The van der Waals surface area contributed by atoms with E-state index in [-0.39, 0.29) is 22.6 Å². The number of fused-ring (bicyclic) bond motifs is 1. The van der Waals surface area contributed by atoms with Gasteiger partial charge in [-0.25, -0.2) is 0 Å². The summed E-state index contributed by atoms with van der Waals surface area (Å²) in [5, 5.41) is 22.5. The zero-order valence-corrected chi connectivity index (χ0v) is 22.6. The van der Waals surface area contributed by atoms with Crippen LogP contribution >= 0.6 is 0 Å². The van der Waals surface area contributed by atoms with Gasteiger partial charge < -0.3 is 19.9 Å². The largest absolute Gasteiger partial charge is 0.504 e. The maximum absolute atomic E-state index is 13.1. The summed E-state index contributed by atoms with van der Waals surface area (Å²) in [6.45, 7) is 2.25. The number of hydrogen-bond acceptors (Lipinski definition) is 5. The highest BCUT2D eigenvalue weighted by Crippen LogP contribution is 2.28. The van der Waals surface area contributed by atoms with Gasteiger partial charge in [0.15, 0.2) is 11.5 Å². The Kier molecular flexibility index (Phi) is 12.2.